The lowest BCUT2D eigenvalue weighted by Crippen LogP contribution is -2.41. The molecule has 0 radical (unpaired) electrons. The molecule has 0 spiro atoms. The van der Waals surface area contributed by atoms with Crippen LogP contribution in [0.15, 0.2) is 12.2 Å². The van der Waals surface area contributed by atoms with E-state index in [9.17, 15) is 4.79 Å². The Morgan fingerprint density at radius 1 is 1.25 bits per heavy atom. The fourth-order valence-electron chi connectivity index (χ4n) is 2.51. The van der Waals surface area contributed by atoms with E-state index in [2.05, 4.69) is 18.2 Å². The molecule has 0 aromatic carbocycles. The summed E-state index contributed by atoms with van der Waals surface area (Å²) in [6, 6.07) is 2.29. The molecule has 0 unspecified atom stereocenters. The number of hydrogen-bond acceptors (Lipinski definition) is 2. The predicted molar refractivity (Wildman–Crippen MR) is 61.4 cm³/mol. The van der Waals surface area contributed by atoms with Crippen molar-refractivity contribution in [2.75, 3.05) is 13.1 Å². The molecule has 1 amide bonds. The normalized spacial score (nSPS) is 26.4. The van der Waals surface area contributed by atoms with Crippen LogP contribution in [0.2, 0.25) is 0 Å². The summed E-state index contributed by atoms with van der Waals surface area (Å²) in [6.07, 6.45) is 8.91. The zero-order valence-electron chi connectivity index (χ0n) is 9.56. The molecule has 86 valence electrons. The molecule has 3 nitrogen and oxygen atoms in total. The molecule has 1 aliphatic heterocycles. The highest BCUT2D eigenvalue weighted by Gasteiger charge is 2.27. The van der Waals surface area contributed by atoms with Crippen LogP contribution in [0.25, 0.3) is 0 Å². The van der Waals surface area contributed by atoms with Gasteiger partial charge in [-0.15, -0.1) is 0 Å². The summed E-state index contributed by atoms with van der Waals surface area (Å²) in [7, 11) is 0. The molecule has 0 bridgehead atoms. The van der Waals surface area contributed by atoms with Gasteiger partial charge >= 0.3 is 0 Å². The number of likely N-dealkylation sites (tertiary alicyclic amines) is 1. The number of rotatable bonds is 1. The summed E-state index contributed by atoms with van der Waals surface area (Å²) >= 11 is 0. The van der Waals surface area contributed by atoms with Crippen LogP contribution in [0.1, 0.15) is 32.1 Å². The van der Waals surface area contributed by atoms with Crippen LogP contribution in [0, 0.1) is 23.2 Å². The molecular weight excluding hydrogens is 200 g/mol. The third kappa shape index (κ3) is 2.44. The van der Waals surface area contributed by atoms with Gasteiger partial charge in [-0.2, -0.15) is 5.26 Å². The molecule has 1 atom stereocenters. The lowest BCUT2D eigenvalue weighted by atomic mass is 9.91. The highest BCUT2D eigenvalue weighted by atomic mass is 16.2. The second-order valence-corrected chi connectivity index (χ2v) is 4.71. The Balaban J connectivity index is 1.86. The Labute approximate surface area is 96.7 Å². The minimum Gasteiger partial charge on any atom is -0.342 e. The predicted octanol–water partition coefficient (Wildman–Crippen LogP) is 2.10. The lowest BCUT2D eigenvalue weighted by Gasteiger charge is -2.32. The maximum Gasteiger partial charge on any atom is 0.226 e. The Kier molecular flexibility index (Phi) is 3.61. The first kappa shape index (κ1) is 11.2. The minimum atomic E-state index is 0.162. The summed E-state index contributed by atoms with van der Waals surface area (Å²) in [4.78, 5) is 14.1. The van der Waals surface area contributed by atoms with E-state index in [-0.39, 0.29) is 11.8 Å². The Bertz CT molecular complexity index is 321. The van der Waals surface area contributed by atoms with Gasteiger partial charge in [0, 0.05) is 24.9 Å². The number of allylic oxidation sites excluding steroid dienone is 2. The van der Waals surface area contributed by atoms with Crippen LogP contribution in [0.3, 0.4) is 0 Å². The summed E-state index contributed by atoms with van der Waals surface area (Å²) in [5.74, 6) is 0.666. The molecule has 2 rings (SSSR count). The molecule has 1 aliphatic carbocycles. The third-order valence-corrected chi connectivity index (χ3v) is 3.61. The zero-order chi connectivity index (χ0) is 11.4. The number of amides is 1. The van der Waals surface area contributed by atoms with Crippen molar-refractivity contribution in [1.29, 1.82) is 5.26 Å². The molecule has 1 fully saturated rings. The van der Waals surface area contributed by atoms with E-state index >= 15 is 0 Å². The summed E-state index contributed by atoms with van der Waals surface area (Å²) in [5, 5.41) is 8.80. The van der Waals surface area contributed by atoms with Crippen molar-refractivity contribution in [2.45, 2.75) is 32.1 Å². The van der Waals surface area contributed by atoms with Gasteiger partial charge in [0.05, 0.1) is 6.07 Å². The van der Waals surface area contributed by atoms with E-state index in [1.807, 2.05) is 4.90 Å². The minimum absolute atomic E-state index is 0.162. The second kappa shape index (κ2) is 5.16. The summed E-state index contributed by atoms with van der Waals surface area (Å²) < 4.78 is 0. The fourth-order valence-corrected chi connectivity index (χ4v) is 2.51. The number of hydrogen-bond donors (Lipinski definition) is 0. The molecular formula is C13H18N2O. The van der Waals surface area contributed by atoms with Gasteiger partial charge in [0.2, 0.25) is 5.91 Å². The molecule has 2 aliphatic rings. The largest absolute Gasteiger partial charge is 0.342 e. The van der Waals surface area contributed by atoms with Crippen LogP contribution in [-0.2, 0) is 4.79 Å². The van der Waals surface area contributed by atoms with Crippen molar-refractivity contribution in [2.24, 2.45) is 11.8 Å². The Morgan fingerprint density at radius 3 is 2.56 bits per heavy atom. The number of piperidine rings is 1. The van der Waals surface area contributed by atoms with Crippen LogP contribution in [0.4, 0.5) is 0 Å². The Hall–Kier alpha value is -1.30. The van der Waals surface area contributed by atoms with E-state index in [4.69, 9.17) is 5.26 Å². The van der Waals surface area contributed by atoms with E-state index in [1.165, 1.54) is 0 Å². The molecule has 0 aromatic heterocycles. The van der Waals surface area contributed by atoms with E-state index in [0.29, 0.717) is 5.91 Å². The van der Waals surface area contributed by atoms with E-state index in [1.54, 1.807) is 0 Å². The van der Waals surface area contributed by atoms with Gasteiger partial charge < -0.3 is 4.90 Å². The van der Waals surface area contributed by atoms with Crippen molar-refractivity contribution in [3.63, 3.8) is 0 Å². The van der Waals surface area contributed by atoms with Gasteiger partial charge in [0.15, 0.2) is 0 Å². The standard InChI is InChI=1S/C13H18N2O/c14-10-11-6-8-15(9-7-11)13(16)12-4-2-1-3-5-12/h1-2,11-12H,3-9H2/t12-/m1/s1. The second-order valence-electron chi connectivity index (χ2n) is 4.71. The maximum atomic E-state index is 12.2. The van der Waals surface area contributed by atoms with Gasteiger partial charge in [0.25, 0.3) is 0 Å². The number of carbonyl (C=O) groups is 1. The number of carbonyl (C=O) groups excluding carboxylic acids is 1. The van der Waals surface area contributed by atoms with Gasteiger partial charge in [0.1, 0.15) is 0 Å². The van der Waals surface area contributed by atoms with E-state index in [0.717, 1.165) is 45.2 Å². The van der Waals surface area contributed by atoms with Crippen molar-refractivity contribution < 1.29 is 4.79 Å². The van der Waals surface area contributed by atoms with Crippen LogP contribution in [0.5, 0.6) is 0 Å². The SMILES string of the molecule is N#CC1CCN(C(=O)[C@@H]2CC=CCC2)CC1. The molecule has 0 N–H and O–H groups in total. The summed E-state index contributed by atoms with van der Waals surface area (Å²) in [6.45, 7) is 1.55. The fraction of sp³-hybridized carbons (Fsp3) is 0.692. The van der Waals surface area contributed by atoms with Gasteiger partial charge in [-0.05, 0) is 32.1 Å². The van der Waals surface area contributed by atoms with E-state index < -0.39 is 0 Å². The van der Waals surface area contributed by atoms with Crippen LogP contribution in [-0.4, -0.2) is 23.9 Å². The average molecular weight is 218 g/mol. The van der Waals surface area contributed by atoms with Crippen molar-refractivity contribution in [1.82, 2.24) is 4.90 Å². The molecule has 3 heteroatoms. The number of nitrogens with zero attached hydrogens (tertiary/aromatic N) is 2. The van der Waals surface area contributed by atoms with Crippen molar-refractivity contribution in [3.8, 4) is 6.07 Å². The first-order valence-corrected chi connectivity index (χ1v) is 6.14. The summed E-state index contributed by atoms with van der Waals surface area (Å²) in [5.41, 5.74) is 0. The first-order valence-electron chi connectivity index (χ1n) is 6.14. The topological polar surface area (TPSA) is 44.1 Å². The number of nitriles is 1. The highest BCUT2D eigenvalue weighted by molar-refractivity contribution is 5.79. The highest BCUT2D eigenvalue weighted by Crippen LogP contribution is 2.23. The monoisotopic (exact) mass is 218 g/mol. The van der Waals surface area contributed by atoms with Gasteiger partial charge in [-0.25, -0.2) is 0 Å². The smallest absolute Gasteiger partial charge is 0.226 e. The van der Waals surface area contributed by atoms with Crippen LogP contribution >= 0.6 is 0 Å². The molecule has 1 saturated heterocycles. The van der Waals surface area contributed by atoms with Gasteiger partial charge in [-0.3, -0.25) is 4.79 Å². The van der Waals surface area contributed by atoms with Crippen LogP contribution < -0.4 is 0 Å². The third-order valence-electron chi connectivity index (χ3n) is 3.61. The van der Waals surface area contributed by atoms with Crippen molar-refractivity contribution >= 4 is 5.91 Å². The zero-order valence-corrected chi connectivity index (χ0v) is 9.56. The first-order chi connectivity index (χ1) is 7.81. The molecule has 1 heterocycles. The molecule has 16 heavy (non-hydrogen) atoms. The molecule has 0 saturated carbocycles. The van der Waals surface area contributed by atoms with Gasteiger partial charge in [-0.1, -0.05) is 12.2 Å². The lowest BCUT2D eigenvalue weighted by molar-refractivity contribution is -0.137. The quantitative estimate of drug-likeness (QED) is 0.633. The average Bonchev–Trinajstić information content (AvgIpc) is 2.39. The maximum absolute atomic E-state index is 12.2. The van der Waals surface area contributed by atoms with Crippen molar-refractivity contribution in [3.05, 3.63) is 12.2 Å². The Morgan fingerprint density at radius 2 is 2.00 bits per heavy atom. The molecule has 0 aromatic rings.